The number of carbonyl (C=O) groups excluding carboxylic acids is 1. The highest BCUT2D eigenvalue weighted by Gasteiger charge is 2.53. The van der Waals surface area contributed by atoms with E-state index in [0.717, 1.165) is 17.7 Å². The van der Waals surface area contributed by atoms with Crippen LogP contribution in [0.15, 0.2) is 48.5 Å². The van der Waals surface area contributed by atoms with Gasteiger partial charge in [-0.1, -0.05) is 43.3 Å². The van der Waals surface area contributed by atoms with Crippen molar-refractivity contribution < 1.29 is 14.3 Å². The van der Waals surface area contributed by atoms with Crippen molar-refractivity contribution in [1.82, 2.24) is 10.2 Å². The van der Waals surface area contributed by atoms with Gasteiger partial charge in [0.1, 0.15) is 5.82 Å². The Bertz CT molecular complexity index is 859. The van der Waals surface area contributed by atoms with Crippen molar-refractivity contribution in [2.45, 2.75) is 37.9 Å². The topological polar surface area (TPSA) is 55.8 Å². The smallest absolute Gasteiger partial charge is 0.321 e. The van der Waals surface area contributed by atoms with Crippen LogP contribution in [-0.4, -0.2) is 47.8 Å². The van der Waals surface area contributed by atoms with Crippen LogP contribution in [-0.2, 0) is 6.54 Å². The van der Waals surface area contributed by atoms with Crippen LogP contribution in [0, 0.1) is 5.82 Å². The standard InChI is InChI=1S/C22H26FN3O2/c1-2-11-24-22(28)26-13-19-21(16-8-4-6-10-18(16)26)20(14-27)25(19)12-15-7-3-5-9-17(15)23/h3-10,19-21,27H,2,11-14H2,1H3,(H,24,28)/t19-,20-,21+/m1/s1. The first kappa shape index (κ1) is 18.9. The number of nitrogens with one attached hydrogen (secondary N) is 1. The zero-order chi connectivity index (χ0) is 19.7. The summed E-state index contributed by atoms with van der Waals surface area (Å²) >= 11 is 0. The van der Waals surface area contributed by atoms with Gasteiger partial charge in [0.25, 0.3) is 0 Å². The highest BCUT2D eigenvalue weighted by molar-refractivity contribution is 5.94. The molecule has 0 unspecified atom stereocenters. The number of anilines is 1. The Morgan fingerprint density at radius 3 is 2.71 bits per heavy atom. The number of benzene rings is 2. The molecule has 6 heteroatoms. The van der Waals surface area contributed by atoms with Gasteiger partial charge < -0.3 is 10.4 Å². The Labute approximate surface area is 164 Å². The Morgan fingerprint density at radius 1 is 1.21 bits per heavy atom. The number of hydrogen-bond acceptors (Lipinski definition) is 3. The molecule has 2 aromatic rings. The lowest BCUT2D eigenvalue weighted by atomic mass is 9.72. The molecule has 2 aliphatic heterocycles. The number of likely N-dealkylation sites (tertiary alicyclic amines) is 1. The highest BCUT2D eigenvalue weighted by Crippen LogP contribution is 2.48. The van der Waals surface area contributed by atoms with Crippen molar-refractivity contribution in [1.29, 1.82) is 0 Å². The molecule has 2 aliphatic rings. The molecule has 0 aromatic heterocycles. The Kier molecular flexibility index (Phi) is 5.33. The second-order valence-corrected chi connectivity index (χ2v) is 7.51. The van der Waals surface area contributed by atoms with Gasteiger partial charge >= 0.3 is 6.03 Å². The average molecular weight is 383 g/mol. The molecule has 0 radical (unpaired) electrons. The van der Waals surface area contributed by atoms with Crippen molar-refractivity contribution in [3.8, 4) is 0 Å². The summed E-state index contributed by atoms with van der Waals surface area (Å²) in [6.07, 6.45) is 0.874. The average Bonchev–Trinajstić information content (AvgIpc) is 2.71. The van der Waals surface area contributed by atoms with E-state index in [2.05, 4.69) is 10.2 Å². The third-order valence-electron chi connectivity index (χ3n) is 5.91. The van der Waals surface area contributed by atoms with Crippen LogP contribution in [0.2, 0.25) is 0 Å². The van der Waals surface area contributed by atoms with Gasteiger partial charge in [-0.3, -0.25) is 9.80 Å². The SMILES string of the molecule is CCCNC(=O)N1C[C@@H]2[C@H](c3ccccc31)[C@@H](CO)N2Cc1ccccc1F. The zero-order valence-corrected chi connectivity index (χ0v) is 16.0. The maximum atomic E-state index is 14.2. The summed E-state index contributed by atoms with van der Waals surface area (Å²) in [5.74, 6) is -0.0976. The predicted octanol–water partition coefficient (Wildman–Crippen LogP) is 3.09. The zero-order valence-electron chi connectivity index (χ0n) is 16.0. The third-order valence-corrected chi connectivity index (χ3v) is 5.91. The number of carbonyl (C=O) groups is 1. The molecule has 2 aromatic carbocycles. The normalized spacial score (nSPS) is 23.5. The molecule has 0 spiro atoms. The van der Waals surface area contributed by atoms with Crippen molar-refractivity contribution in [3.63, 3.8) is 0 Å². The summed E-state index contributed by atoms with van der Waals surface area (Å²) in [5, 5.41) is 13.0. The van der Waals surface area contributed by atoms with Gasteiger partial charge in [0.05, 0.1) is 6.61 Å². The summed E-state index contributed by atoms with van der Waals surface area (Å²) in [6.45, 7) is 3.61. The molecule has 0 saturated carbocycles. The van der Waals surface area contributed by atoms with Crippen molar-refractivity contribution in [2.75, 3.05) is 24.6 Å². The first-order valence-electron chi connectivity index (χ1n) is 9.90. The number of fused-ring (bicyclic) bond motifs is 3. The van der Waals surface area contributed by atoms with Crippen LogP contribution in [0.4, 0.5) is 14.9 Å². The van der Waals surface area contributed by atoms with E-state index >= 15 is 0 Å². The molecule has 3 atom stereocenters. The van der Waals surface area contributed by atoms with Gasteiger partial charge in [-0.05, 0) is 24.1 Å². The molecular weight excluding hydrogens is 357 g/mol. The molecule has 148 valence electrons. The predicted molar refractivity (Wildman–Crippen MR) is 107 cm³/mol. The molecule has 2 N–H and O–H groups in total. The largest absolute Gasteiger partial charge is 0.395 e. The molecule has 0 aliphatic carbocycles. The van der Waals surface area contributed by atoms with Crippen LogP contribution >= 0.6 is 0 Å². The first-order chi connectivity index (χ1) is 13.7. The minimum absolute atomic E-state index is 0.00594. The Hall–Kier alpha value is -2.44. The Balaban J connectivity index is 1.63. The van der Waals surface area contributed by atoms with Crippen molar-refractivity contribution in [3.05, 3.63) is 65.5 Å². The number of para-hydroxylation sites is 1. The highest BCUT2D eigenvalue weighted by atomic mass is 19.1. The lowest BCUT2D eigenvalue weighted by Crippen LogP contribution is -2.69. The van der Waals surface area contributed by atoms with Crippen molar-refractivity contribution in [2.24, 2.45) is 0 Å². The van der Waals surface area contributed by atoms with Gasteiger partial charge in [-0.15, -0.1) is 0 Å². The van der Waals surface area contributed by atoms with E-state index in [1.165, 1.54) is 6.07 Å². The van der Waals surface area contributed by atoms with E-state index in [1.54, 1.807) is 17.0 Å². The second-order valence-electron chi connectivity index (χ2n) is 7.51. The molecule has 0 bridgehead atoms. The molecule has 2 heterocycles. The number of hydrogen-bond donors (Lipinski definition) is 2. The number of halogens is 1. The van der Waals surface area contributed by atoms with Gasteiger partial charge in [-0.25, -0.2) is 9.18 Å². The minimum atomic E-state index is -0.239. The van der Waals surface area contributed by atoms with Gasteiger partial charge in [-0.2, -0.15) is 0 Å². The van der Waals surface area contributed by atoms with Gasteiger partial charge in [0.2, 0.25) is 0 Å². The van der Waals surface area contributed by atoms with Gasteiger partial charge in [0.15, 0.2) is 0 Å². The third kappa shape index (κ3) is 3.16. The molecular formula is C22H26FN3O2. The summed E-state index contributed by atoms with van der Waals surface area (Å²) in [5.41, 5.74) is 2.59. The van der Waals surface area contributed by atoms with E-state index in [0.29, 0.717) is 25.2 Å². The van der Waals surface area contributed by atoms with Crippen LogP contribution in [0.1, 0.15) is 30.4 Å². The van der Waals surface area contributed by atoms with E-state index in [4.69, 9.17) is 0 Å². The summed E-state index contributed by atoms with van der Waals surface area (Å²) in [6, 6.07) is 14.5. The van der Waals surface area contributed by atoms with Crippen LogP contribution in [0.25, 0.3) is 0 Å². The van der Waals surface area contributed by atoms with Crippen LogP contribution in [0.5, 0.6) is 0 Å². The van der Waals surface area contributed by atoms with Crippen LogP contribution < -0.4 is 10.2 Å². The quantitative estimate of drug-likeness (QED) is 0.834. The lowest BCUT2D eigenvalue weighted by molar-refractivity contribution is -0.0491. The summed E-state index contributed by atoms with van der Waals surface area (Å²) < 4.78 is 14.2. The molecule has 1 fully saturated rings. The van der Waals surface area contributed by atoms with E-state index < -0.39 is 0 Å². The lowest BCUT2D eigenvalue weighted by Gasteiger charge is -2.59. The molecule has 4 rings (SSSR count). The number of aliphatic hydroxyl groups is 1. The minimum Gasteiger partial charge on any atom is -0.395 e. The number of amides is 2. The van der Waals surface area contributed by atoms with Crippen LogP contribution in [0.3, 0.4) is 0 Å². The molecule has 28 heavy (non-hydrogen) atoms. The van der Waals surface area contributed by atoms with E-state index in [9.17, 15) is 14.3 Å². The second kappa shape index (κ2) is 7.89. The fraction of sp³-hybridized carbons (Fsp3) is 0.409. The van der Waals surface area contributed by atoms with E-state index in [1.807, 2.05) is 37.3 Å². The maximum Gasteiger partial charge on any atom is 0.321 e. The van der Waals surface area contributed by atoms with Crippen molar-refractivity contribution >= 4 is 11.7 Å². The summed E-state index contributed by atoms with van der Waals surface area (Å²) in [7, 11) is 0. The number of rotatable bonds is 5. The first-order valence-corrected chi connectivity index (χ1v) is 9.90. The fourth-order valence-electron chi connectivity index (χ4n) is 4.54. The Morgan fingerprint density at radius 2 is 1.96 bits per heavy atom. The monoisotopic (exact) mass is 383 g/mol. The molecule has 1 saturated heterocycles. The number of aliphatic hydroxyl groups excluding tert-OH is 1. The number of urea groups is 1. The maximum absolute atomic E-state index is 14.2. The fourth-order valence-corrected chi connectivity index (χ4v) is 4.54. The van der Waals surface area contributed by atoms with E-state index in [-0.39, 0.29) is 36.5 Å². The van der Waals surface area contributed by atoms with Gasteiger partial charge in [0, 0.05) is 48.9 Å². The number of nitrogens with zero attached hydrogens (tertiary/aromatic N) is 2. The summed E-state index contributed by atoms with van der Waals surface area (Å²) in [4.78, 5) is 16.7. The molecule has 5 nitrogen and oxygen atoms in total. The molecule has 2 amide bonds.